The maximum atomic E-state index is 12.8. The molecule has 0 amide bonds. The minimum Gasteiger partial charge on any atom is -0.466 e. The standard InChI is InChI=1S/C19H34N2O2/c1-5-23-16(22)15(13-20)19(21-10-6-7-11-21)12-14-8-9-18(19,4)17(14,2)3/h14-15H,5-13,20H2,1-4H3/t14-,15+,18-,19-/m0/s1. The van der Waals surface area contributed by atoms with Crippen LogP contribution in [-0.2, 0) is 9.53 Å². The van der Waals surface area contributed by atoms with Crippen molar-refractivity contribution in [1.29, 1.82) is 0 Å². The van der Waals surface area contributed by atoms with Crippen LogP contribution in [0.1, 0.15) is 59.8 Å². The lowest BCUT2D eigenvalue weighted by atomic mass is 9.57. The molecule has 2 saturated carbocycles. The van der Waals surface area contributed by atoms with Crippen LogP contribution in [0.2, 0.25) is 0 Å². The van der Waals surface area contributed by atoms with Crippen LogP contribution in [0, 0.1) is 22.7 Å². The Bertz CT molecular complexity index is 472. The van der Waals surface area contributed by atoms with Gasteiger partial charge in [0.2, 0.25) is 0 Å². The summed E-state index contributed by atoms with van der Waals surface area (Å²) in [5.74, 6) is 0.415. The predicted molar refractivity (Wildman–Crippen MR) is 91.9 cm³/mol. The van der Waals surface area contributed by atoms with E-state index >= 15 is 0 Å². The van der Waals surface area contributed by atoms with Crippen LogP contribution in [0.5, 0.6) is 0 Å². The van der Waals surface area contributed by atoms with Gasteiger partial charge in [0.05, 0.1) is 12.5 Å². The first-order chi connectivity index (χ1) is 10.8. The van der Waals surface area contributed by atoms with Crippen LogP contribution in [-0.4, -0.2) is 42.6 Å². The van der Waals surface area contributed by atoms with Gasteiger partial charge in [0, 0.05) is 12.1 Å². The molecule has 1 saturated heterocycles. The summed E-state index contributed by atoms with van der Waals surface area (Å²) in [6.07, 6.45) is 6.08. The average Bonchev–Trinajstić information content (AvgIpc) is 3.14. The molecule has 0 aromatic heterocycles. The molecule has 3 rings (SSSR count). The first kappa shape index (κ1) is 17.2. The van der Waals surface area contributed by atoms with Crippen molar-refractivity contribution >= 4 is 5.97 Å². The predicted octanol–water partition coefficient (Wildman–Crippen LogP) is 2.81. The second kappa shape index (κ2) is 5.73. The summed E-state index contributed by atoms with van der Waals surface area (Å²) in [6, 6.07) is 0. The molecule has 4 heteroatoms. The maximum absolute atomic E-state index is 12.8. The van der Waals surface area contributed by atoms with E-state index in [4.69, 9.17) is 10.5 Å². The van der Waals surface area contributed by atoms with Gasteiger partial charge in [-0.25, -0.2) is 0 Å². The van der Waals surface area contributed by atoms with Crippen molar-refractivity contribution in [3.8, 4) is 0 Å². The number of esters is 1. The van der Waals surface area contributed by atoms with Gasteiger partial charge < -0.3 is 10.5 Å². The summed E-state index contributed by atoms with van der Waals surface area (Å²) in [6.45, 7) is 12.2. The Hall–Kier alpha value is -0.610. The second-order valence-electron chi connectivity index (χ2n) is 8.65. The van der Waals surface area contributed by atoms with E-state index in [1.165, 1.54) is 25.7 Å². The van der Waals surface area contributed by atoms with E-state index in [9.17, 15) is 4.79 Å². The Morgan fingerprint density at radius 2 is 1.96 bits per heavy atom. The van der Waals surface area contributed by atoms with Gasteiger partial charge in [-0.2, -0.15) is 0 Å². The molecule has 0 unspecified atom stereocenters. The molecular formula is C19H34N2O2. The molecule has 2 N–H and O–H groups in total. The van der Waals surface area contributed by atoms with Crippen molar-refractivity contribution in [3.63, 3.8) is 0 Å². The number of fused-ring (bicyclic) bond motifs is 2. The molecule has 23 heavy (non-hydrogen) atoms. The number of carbonyl (C=O) groups is 1. The highest BCUT2D eigenvalue weighted by molar-refractivity contribution is 5.75. The lowest BCUT2D eigenvalue weighted by Gasteiger charge is -2.56. The molecule has 0 spiro atoms. The van der Waals surface area contributed by atoms with E-state index in [-0.39, 0.29) is 28.3 Å². The number of hydrogen-bond acceptors (Lipinski definition) is 4. The molecular weight excluding hydrogens is 288 g/mol. The third-order valence-electron chi connectivity index (χ3n) is 8.00. The zero-order valence-corrected chi connectivity index (χ0v) is 15.4. The number of nitrogens with zero attached hydrogens (tertiary/aromatic N) is 1. The minimum atomic E-state index is -0.199. The van der Waals surface area contributed by atoms with Gasteiger partial charge in [0.25, 0.3) is 0 Å². The zero-order valence-electron chi connectivity index (χ0n) is 15.4. The summed E-state index contributed by atoms with van der Waals surface area (Å²) in [5.41, 5.74) is 6.46. The summed E-state index contributed by atoms with van der Waals surface area (Å²) >= 11 is 0. The van der Waals surface area contributed by atoms with E-state index in [2.05, 4.69) is 25.7 Å². The molecule has 0 aromatic rings. The van der Waals surface area contributed by atoms with Crippen LogP contribution in [0.25, 0.3) is 0 Å². The topological polar surface area (TPSA) is 55.6 Å². The quantitative estimate of drug-likeness (QED) is 0.791. The van der Waals surface area contributed by atoms with Crippen molar-refractivity contribution in [1.82, 2.24) is 4.90 Å². The fraction of sp³-hybridized carbons (Fsp3) is 0.947. The van der Waals surface area contributed by atoms with Crippen molar-refractivity contribution in [3.05, 3.63) is 0 Å². The summed E-state index contributed by atoms with van der Waals surface area (Å²) in [7, 11) is 0. The summed E-state index contributed by atoms with van der Waals surface area (Å²) in [4.78, 5) is 15.5. The fourth-order valence-corrected chi connectivity index (χ4v) is 6.40. The van der Waals surface area contributed by atoms with Crippen LogP contribution in [0.3, 0.4) is 0 Å². The number of ether oxygens (including phenoxy) is 1. The van der Waals surface area contributed by atoms with Gasteiger partial charge >= 0.3 is 5.97 Å². The monoisotopic (exact) mass is 322 g/mol. The molecule has 0 radical (unpaired) electrons. The SMILES string of the molecule is CCOC(=O)[C@@H](CN)[C@@]1(N2CCCC2)C[C@@H]2CC[C@@]1(C)C2(C)C. The smallest absolute Gasteiger partial charge is 0.312 e. The summed E-state index contributed by atoms with van der Waals surface area (Å²) < 4.78 is 5.47. The van der Waals surface area contributed by atoms with E-state index < -0.39 is 0 Å². The minimum absolute atomic E-state index is 0.0773. The lowest BCUT2D eigenvalue weighted by Crippen LogP contribution is -2.65. The van der Waals surface area contributed by atoms with E-state index in [0.29, 0.717) is 19.1 Å². The number of hydrogen-bond donors (Lipinski definition) is 1. The van der Waals surface area contributed by atoms with Gasteiger partial charge in [0.1, 0.15) is 0 Å². The van der Waals surface area contributed by atoms with Gasteiger partial charge in [-0.15, -0.1) is 0 Å². The highest BCUT2D eigenvalue weighted by Gasteiger charge is 2.73. The highest BCUT2D eigenvalue weighted by atomic mass is 16.5. The van der Waals surface area contributed by atoms with Gasteiger partial charge in [-0.3, -0.25) is 9.69 Å². The molecule has 2 bridgehead atoms. The Kier molecular flexibility index (Phi) is 4.29. The van der Waals surface area contributed by atoms with Gasteiger partial charge in [-0.1, -0.05) is 20.8 Å². The zero-order chi connectivity index (χ0) is 16.9. The average molecular weight is 322 g/mol. The molecule has 1 heterocycles. The van der Waals surface area contributed by atoms with Gasteiger partial charge in [0.15, 0.2) is 0 Å². The van der Waals surface area contributed by atoms with Crippen molar-refractivity contribution in [2.75, 3.05) is 26.2 Å². The summed E-state index contributed by atoms with van der Waals surface area (Å²) in [5, 5.41) is 0. The van der Waals surface area contributed by atoms with Crippen molar-refractivity contribution in [2.45, 2.75) is 65.3 Å². The molecule has 4 atom stereocenters. The largest absolute Gasteiger partial charge is 0.466 e. The normalized spacial score (nSPS) is 40.5. The Balaban J connectivity index is 2.08. The number of nitrogens with two attached hydrogens (primary N) is 1. The first-order valence-electron chi connectivity index (χ1n) is 9.47. The van der Waals surface area contributed by atoms with Crippen LogP contribution >= 0.6 is 0 Å². The van der Waals surface area contributed by atoms with E-state index in [1.807, 2.05) is 6.92 Å². The van der Waals surface area contributed by atoms with Crippen LogP contribution < -0.4 is 5.73 Å². The molecule has 2 aliphatic carbocycles. The molecule has 4 nitrogen and oxygen atoms in total. The van der Waals surface area contributed by atoms with Crippen LogP contribution in [0.15, 0.2) is 0 Å². The third-order valence-corrected chi connectivity index (χ3v) is 8.00. The van der Waals surface area contributed by atoms with E-state index in [0.717, 1.165) is 19.5 Å². The number of rotatable bonds is 5. The molecule has 3 aliphatic rings. The highest BCUT2D eigenvalue weighted by Crippen LogP contribution is 2.73. The third kappa shape index (κ3) is 2.07. The number of likely N-dealkylation sites (tertiary alicyclic amines) is 1. The Morgan fingerprint density at radius 3 is 2.39 bits per heavy atom. The van der Waals surface area contributed by atoms with Crippen LogP contribution in [0.4, 0.5) is 0 Å². The maximum Gasteiger partial charge on any atom is 0.312 e. The molecule has 3 fully saturated rings. The number of carbonyl (C=O) groups excluding carboxylic acids is 1. The lowest BCUT2D eigenvalue weighted by molar-refractivity contribution is -0.161. The van der Waals surface area contributed by atoms with Crippen molar-refractivity contribution in [2.24, 2.45) is 28.4 Å². The Labute approximate surface area is 141 Å². The van der Waals surface area contributed by atoms with E-state index in [1.54, 1.807) is 0 Å². The second-order valence-corrected chi connectivity index (χ2v) is 8.65. The van der Waals surface area contributed by atoms with Crippen molar-refractivity contribution < 1.29 is 9.53 Å². The van der Waals surface area contributed by atoms with Gasteiger partial charge in [-0.05, 0) is 68.9 Å². The first-order valence-corrected chi connectivity index (χ1v) is 9.47. The molecule has 0 aromatic carbocycles. The molecule has 132 valence electrons. The fourth-order valence-electron chi connectivity index (χ4n) is 6.40. The Morgan fingerprint density at radius 1 is 1.30 bits per heavy atom. The molecule has 1 aliphatic heterocycles.